The van der Waals surface area contributed by atoms with E-state index in [1.165, 1.54) is 13.0 Å². The Morgan fingerprint density at radius 1 is 1.36 bits per heavy atom. The van der Waals surface area contributed by atoms with Gasteiger partial charge in [0.1, 0.15) is 0 Å². The second-order valence-electron chi connectivity index (χ2n) is 3.14. The zero-order valence-corrected chi connectivity index (χ0v) is 8.48. The van der Waals surface area contributed by atoms with Gasteiger partial charge in [-0.25, -0.2) is 0 Å². The van der Waals surface area contributed by atoms with Crippen LogP contribution in [0.3, 0.4) is 0 Å². The number of likely N-dealkylation sites (N-methyl/N-ethyl adjacent to an activating group) is 1. The summed E-state index contributed by atoms with van der Waals surface area (Å²) < 4.78 is 5.33. The Morgan fingerprint density at radius 3 is 2.09 bits per heavy atom. The predicted octanol–water partition coefficient (Wildman–Crippen LogP) is 1.75. The smallest absolute Gasteiger partial charge is 0.0789 e. The summed E-state index contributed by atoms with van der Waals surface area (Å²) >= 11 is 0. The van der Waals surface area contributed by atoms with Crippen LogP contribution in [-0.2, 0) is 4.74 Å². The maximum absolute atomic E-state index is 5.33. The van der Waals surface area contributed by atoms with Gasteiger partial charge in [0.15, 0.2) is 0 Å². The van der Waals surface area contributed by atoms with Crippen molar-refractivity contribution in [3.63, 3.8) is 0 Å². The highest BCUT2D eigenvalue weighted by atomic mass is 16.5. The SMILES string of the molecule is CC.COC1(C)CCN(C)C1. The number of hydrogen-bond donors (Lipinski definition) is 0. The van der Waals surface area contributed by atoms with Gasteiger partial charge >= 0.3 is 0 Å². The van der Waals surface area contributed by atoms with E-state index in [9.17, 15) is 0 Å². The third-order valence-corrected chi connectivity index (χ3v) is 2.12. The summed E-state index contributed by atoms with van der Waals surface area (Å²) in [6.45, 7) is 8.41. The zero-order valence-electron chi connectivity index (χ0n) is 8.48. The first kappa shape index (κ1) is 10.9. The predicted molar refractivity (Wildman–Crippen MR) is 48.9 cm³/mol. The molecule has 0 saturated carbocycles. The summed E-state index contributed by atoms with van der Waals surface area (Å²) in [7, 11) is 3.92. The van der Waals surface area contributed by atoms with Crippen LogP contribution in [0.2, 0.25) is 0 Å². The molecule has 0 spiro atoms. The molecule has 0 aliphatic carbocycles. The van der Waals surface area contributed by atoms with E-state index >= 15 is 0 Å². The van der Waals surface area contributed by atoms with Crippen molar-refractivity contribution in [2.45, 2.75) is 32.8 Å². The third-order valence-electron chi connectivity index (χ3n) is 2.12. The van der Waals surface area contributed by atoms with Crippen LogP contribution in [0.25, 0.3) is 0 Å². The van der Waals surface area contributed by atoms with E-state index in [-0.39, 0.29) is 5.60 Å². The summed E-state index contributed by atoms with van der Waals surface area (Å²) in [6, 6.07) is 0. The highest BCUT2D eigenvalue weighted by Crippen LogP contribution is 2.21. The minimum atomic E-state index is 0.134. The van der Waals surface area contributed by atoms with Crippen molar-refractivity contribution < 1.29 is 4.74 Å². The molecule has 1 aliphatic heterocycles. The average Bonchev–Trinajstić information content (AvgIpc) is 2.37. The fourth-order valence-corrected chi connectivity index (χ4v) is 1.32. The summed E-state index contributed by atoms with van der Waals surface area (Å²) in [6.07, 6.45) is 1.17. The standard InChI is InChI=1S/C7H15NO.C2H6/c1-7(9-3)4-5-8(2)6-7;1-2/h4-6H2,1-3H3;1-2H3. The third kappa shape index (κ3) is 3.21. The molecule has 1 atom stereocenters. The number of methoxy groups -OCH3 is 1. The van der Waals surface area contributed by atoms with Crippen LogP contribution < -0.4 is 0 Å². The molecule has 11 heavy (non-hydrogen) atoms. The molecule has 1 rings (SSSR count). The van der Waals surface area contributed by atoms with Gasteiger partial charge in [-0.1, -0.05) is 13.8 Å². The van der Waals surface area contributed by atoms with Crippen molar-refractivity contribution in [2.75, 3.05) is 27.2 Å². The first-order valence-corrected chi connectivity index (χ1v) is 4.40. The van der Waals surface area contributed by atoms with Crippen LogP contribution in [0.4, 0.5) is 0 Å². The number of rotatable bonds is 1. The topological polar surface area (TPSA) is 12.5 Å². The zero-order chi connectivity index (χ0) is 8.91. The molecule has 0 N–H and O–H groups in total. The summed E-state index contributed by atoms with van der Waals surface area (Å²) in [4.78, 5) is 2.30. The van der Waals surface area contributed by atoms with Gasteiger partial charge in [0.25, 0.3) is 0 Å². The molecule has 2 nitrogen and oxygen atoms in total. The van der Waals surface area contributed by atoms with Crippen LogP contribution in [0, 0.1) is 0 Å². The van der Waals surface area contributed by atoms with E-state index in [1.807, 2.05) is 13.8 Å². The van der Waals surface area contributed by atoms with Crippen LogP contribution in [0.1, 0.15) is 27.2 Å². The van der Waals surface area contributed by atoms with E-state index in [0.29, 0.717) is 0 Å². The van der Waals surface area contributed by atoms with Gasteiger partial charge in [-0.2, -0.15) is 0 Å². The molecule has 1 fully saturated rings. The Hall–Kier alpha value is -0.0800. The maximum Gasteiger partial charge on any atom is 0.0789 e. The van der Waals surface area contributed by atoms with Crippen molar-refractivity contribution in [3.05, 3.63) is 0 Å². The molecule has 1 unspecified atom stereocenters. The number of likely N-dealkylation sites (tertiary alicyclic amines) is 1. The normalized spacial score (nSPS) is 31.4. The molecule has 0 amide bonds. The molecule has 2 heteroatoms. The van der Waals surface area contributed by atoms with E-state index in [0.717, 1.165) is 6.54 Å². The largest absolute Gasteiger partial charge is 0.377 e. The fourth-order valence-electron chi connectivity index (χ4n) is 1.32. The summed E-state index contributed by atoms with van der Waals surface area (Å²) in [5.74, 6) is 0. The first-order valence-electron chi connectivity index (χ1n) is 4.40. The molecule has 0 bridgehead atoms. The number of hydrogen-bond acceptors (Lipinski definition) is 2. The summed E-state index contributed by atoms with van der Waals surface area (Å²) in [5.41, 5.74) is 0.134. The van der Waals surface area contributed by atoms with E-state index < -0.39 is 0 Å². The van der Waals surface area contributed by atoms with Crippen LogP contribution in [0.15, 0.2) is 0 Å². The minimum Gasteiger partial charge on any atom is -0.377 e. The maximum atomic E-state index is 5.33. The highest BCUT2D eigenvalue weighted by molar-refractivity contribution is 4.85. The van der Waals surface area contributed by atoms with Crippen LogP contribution in [0.5, 0.6) is 0 Å². The van der Waals surface area contributed by atoms with Crippen molar-refractivity contribution in [3.8, 4) is 0 Å². The van der Waals surface area contributed by atoms with E-state index in [4.69, 9.17) is 4.74 Å². The highest BCUT2D eigenvalue weighted by Gasteiger charge is 2.31. The summed E-state index contributed by atoms with van der Waals surface area (Å²) in [5, 5.41) is 0. The molecular formula is C9H21NO. The van der Waals surface area contributed by atoms with Crippen molar-refractivity contribution in [1.82, 2.24) is 4.90 Å². The van der Waals surface area contributed by atoms with Gasteiger partial charge in [-0.15, -0.1) is 0 Å². The lowest BCUT2D eigenvalue weighted by Crippen LogP contribution is -2.30. The van der Waals surface area contributed by atoms with Crippen LogP contribution in [-0.4, -0.2) is 37.7 Å². The molecule has 68 valence electrons. The number of nitrogens with zero attached hydrogens (tertiary/aromatic N) is 1. The van der Waals surface area contributed by atoms with Crippen molar-refractivity contribution in [1.29, 1.82) is 0 Å². The van der Waals surface area contributed by atoms with Crippen LogP contribution >= 0.6 is 0 Å². The molecule has 0 radical (unpaired) electrons. The Morgan fingerprint density at radius 2 is 1.91 bits per heavy atom. The first-order chi connectivity index (χ1) is 5.16. The Labute approximate surface area is 70.5 Å². The van der Waals surface area contributed by atoms with Gasteiger partial charge in [0, 0.05) is 20.2 Å². The Bertz CT molecular complexity index is 106. The lowest BCUT2D eigenvalue weighted by atomic mass is 10.1. The molecular weight excluding hydrogens is 138 g/mol. The van der Waals surface area contributed by atoms with E-state index in [1.54, 1.807) is 7.11 Å². The minimum absolute atomic E-state index is 0.134. The average molecular weight is 159 g/mol. The molecule has 1 aliphatic rings. The monoisotopic (exact) mass is 159 g/mol. The van der Waals surface area contributed by atoms with Gasteiger partial charge in [0.05, 0.1) is 5.60 Å². The lowest BCUT2D eigenvalue weighted by Gasteiger charge is -2.21. The lowest BCUT2D eigenvalue weighted by molar-refractivity contribution is 0.0168. The molecule has 0 aromatic rings. The van der Waals surface area contributed by atoms with Gasteiger partial charge < -0.3 is 9.64 Å². The fraction of sp³-hybridized carbons (Fsp3) is 1.00. The quantitative estimate of drug-likeness (QED) is 0.578. The van der Waals surface area contributed by atoms with Crippen molar-refractivity contribution >= 4 is 0 Å². The van der Waals surface area contributed by atoms with Gasteiger partial charge in [0.2, 0.25) is 0 Å². The Kier molecular flexibility index (Phi) is 4.69. The molecule has 0 aromatic carbocycles. The van der Waals surface area contributed by atoms with Gasteiger partial charge in [-0.05, 0) is 20.4 Å². The van der Waals surface area contributed by atoms with Crippen molar-refractivity contribution in [2.24, 2.45) is 0 Å². The van der Waals surface area contributed by atoms with E-state index in [2.05, 4.69) is 18.9 Å². The molecule has 0 aromatic heterocycles. The number of ether oxygens (including phenoxy) is 1. The van der Waals surface area contributed by atoms with Gasteiger partial charge in [-0.3, -0.25) is 0 Å². The molecule has 1 saturated heterocycles. The Balaban J connectivity index is 0.000000461. The second-order valence-corrected chi connectivity index (χ2v) is 3.14. The molecule has 1 heterocycles. The second kappa shape index (κ2) is 4.73.